The van der Waals surface area contributed by atoms with Crippen LogP contribution in [0.15, 0.2) is 78.9 Å². The first kappa shape index (κ1) is 116. The summed E-state index contributed by atoms with van der Waals surface area (Å²) >= 11 is 0. The number of hydrogen-bond donors (Lipinski definition) is 36. The Morgan fingerprint density at radius 3 is 1.08 bits per heavy atom. The second kappa shape index (κ2) is 59.3. The highest BCUT2D eigenvalue weighted by Gasteiger charge is 2.54. The molecule has 0 aliphatic carbocycles. The number of carboxylic acids is 1. The summed E-state index contributed by atoms with van der Waals surface area (Å²) < 4.78 is 12.2. The van der Waals surface area contributed by atoms with Crippen LogP contribution in [0.1, 0.15) is 178 Å². The number of phenolic OH excluding ortho intramolecular Hbond substituents is 3. The Labute approximate surface area is 829 Å². The molecular weight excluding hydrogens is 1880 g/mol. The van der Waals surface area contributed by atoms with Crippen molar-refractivity contribution >= 4 is 124 Å². The molecule has 0 saturated heterocycles. The van der Waals surface area contributed by atoms with Crippen molar-refractivity contribution in [2.75, 3.05) is 79.5 Å². The van der Waals surface area contributed by atoms with Crippen LogP contribution in [0.2, 0.25) is 0 Å². The van der Waals surface area contributed by atoms with Crippen LogP contribution < -0.4 is 146 Å². The van der Waals surface area contributed by atoms with E-state index >= 15 is 14.4 Å². The Balaban J connectivity index is 1.23. The lowest BCUT2D eigenvalue weighted by Gasteiger charge is -2.36. The second-order valence-electron chi connectivity index (χ2n) is 34.4. The van der Waals surface area contributed by atoms with Gasteiger partial charge in [0.05, 0.1) is 12.1 Å². The van der Waals surface area contributed by atoms with Crippen molar-refractivity contribution in [1.29, 1.82) is 32.5 Å². The number of carbonyl (C=O) groups is 15. The highest BCUT2D eigenvalue weighted by molar-refractivity contribution is 6.03. The van der Waals surface area contributed by atoms with Gasteiger partial charge in [0.15, 0.2) is 41.4 Å². The second-order valence-corrected chi connectivity index (χ2v) is 34.4. The number of nitrogens with two attached hydrogens (primary N) is 8. The third-order valence-corrected chi connectivity index (χ3v) is 22.7. The van der Waals surface area contributed by atoms with Gasteiger partial charge in [0.2, 0.25) is 70.9 Å². The monoisotopic (exact) mass is 2020 g/mol. The van der Waals surface area contributed by atoms with Crippen molar-refractivity contribution in [3.05, 3.63) is 112 Å². The lowest BCUT2D eigenvalue weighted by Crippen LogP contribution is -2.60. The van der Waals surface area contributed by atoms with Gasteiger partial charge >= 0.3 is 11.9 Å². The number of guanidine groups is 6. The fraction of sp³-hybridized carbons (Fsp3) is 0.500. The minimum atomic E-state index is -1.78. The number of primary amides is 1. The van der Waals surface area contributed by atoms with Crippen LogP contribution in [0.4, 0.5) is 0 Å². The molecule has 0 bridgehead atoms. The van der Waals surface area contributed by atoms with Gasteiger partial charge in [-0.1, -0.05) is 12.1 Å². The van der Waals surface area contributed by atoms with Gasteiger partial charge in [-0.25, -0.2) is 9.59 Å². The SMILES string of the molecule is CN(C)CCCC[C@H](NC(=O)[C@H](CCCNC(=N)N)NC(=O)CNC(=O)[C@H](Cc1ccc(O)cc1)NC(=O)CCNC(=O)c1ccc2c(c1)C1(OC2=O)c2ccc(O)cc2Oc2cc(O)ccc21)C(=O)N[C@@H](CCCCN)C(=O)N[C@@H](CCCNC(=N)N)C(=O)N[C@@H](CCCNC(=N)N)C(=O)N[C@@H](CCC(N)=O)C(=O)N[C@@H](CCCNC(=N)N)C(=O)N[C@@H](CCCNC(=N)N)C(=O)N[C@@H](CCCNC(=N)N)C(=O)O. The molecule has 0 aromatic heterocycles. The third kappa shape index (κ3) is 39.8. The molecular formula is C90H137N33O21. The number of nitrogens with zero attached hydrogens (tertiary/aromatic N) is 1. The molecule has 10 atom stereocenters. The zero-order valence-electron chi connectivity index (χ0n) is 80.2. The zero-order valence-corrected chi connectivity index (χ0v) is 80.2. The maximum Gasteiger partial charge on any atom is 0.340 e. The molecule has 54 heteroatoms. The minimum absolute atomic E-state index is 0.00415. The van der Waals surface area contributed by atoms with Crippen molar-refractivity contribution < 1.29 is 102 Å². The maximum absolute atomic E-state index is 15.1. The average Bonchev–Trinajstić information content (AvgIpc) is 1.52. The van der Waals surface area contributed by atoms with Crippen molar-refractivity contribution in [3.8, 4) is 28.7 Å². The number of benzene rings is 4. The van der Waals surface area contributed by atoms with Crippen LogP contribution in [0.5, 0.6) is 28.7 Å². The van der Waals surface area contributed by atoms with E-state index in [1.165, 1.54) is 78.9 Å². The van der Waals surface area contributed by atoms with E-state index in [1.807, 2.05) is 4.90 Å². The zero-order chi connectivity index (χ0) is 106. The summed E-state index contributed by atoms with van der Waals surface area (Å²) in [7, 11) is 3.61. The number of nitrogens with one attached hydrogen (secondary N) is 24. The first-order valence-corrected chi connectivity index (χ1v) is 46.8. The van der Waals surface area contributed by atoms with E-state index in [1.54, 1.807) is 14.1 Å². The summed E-state index contributed by atoms with van der Waals surface area (Å²) in [4.78, 5) is 215. The first-order chi connectivity index (χ1) is 68.4. The number of rotatable bonds is 64. The number of aliphatic carboxylic acids is 1. The summed E-state index contributed by atoms with van der Waals surface area (Å²) in [5.41, 5.74) is 44.4. The first-order valence-electron chi connectivity index (χ1n) is 46.8. The molecule has 1 spiro atoms. The van der Waals surface area contributed by atoms with Crippen LogP contribution >= 0.6 is 0 Å². The van der Waals surface area contributed by atoms with E-state index in [0.717, 1.165) is 0 Å². The molecule has 44 N–H and O–H groups in total. The Morgan fingerprint density at radius 2 is 0.708 bits per heavy atom. The lowest BCUT2D eigenvalue weighted by atomic mass is 9.77. The minimum Gasteiger partial charge on any atom is -0.508 e. The van der Waals surface area contributed by atoms with Crippen LogP contribution in [-0.4, -0.2) is 290 Å². The standard InChI is InChI=1S/C90H137N33O21/c1-123(2)42-6-4-14-59(115-74(132)57(15-7-35-106-84(93)94)113-71(129)47-112-73(131)66(43-48-21-24-50(124)25-22-48)114-70(128)33-41-105-72(130)49-23-28-53-56(44-49)90(144-83(53)142)54-29-26-51(125)45-67(54)143-68-46-52(126)27-30-55(68)90)76(134)116-58(13-3-5-34-91)75(133)117-60(16-8-36-107-85(95)96)77(135)118-62(18-10-38-109-87(99)100)79(137)121-64(31-32-69(92)127)81(139)120-61(17-9-37-108-86(97)98)78(136)119-63(19-11-39-110-88(101)102)80(138)122-65(82(140)141)20-12-40-111-89(103)104/h21-30,44-46,57-66,124-126H,3-20,31-43,47,91H2,1-2H3,(H2,92,127)(H,105,130)(H,112,131)(H,113,129)(H,114,128)(H,115,132)(H,116,134)(H,117,133)(H,118,135)(H,119,136)(H,120,139)(H,121,137)(H,122,138)(H,140,141)(H4,93,94,106)(H4,95,96,107)(H4,97,98,108)(H4,99,100,109)(H4,101,102,110)(H4,103,104,111)/t57-,58-,59-,60-,61-,62-,63-,64-,65-,66-/m0/s1. The quantitative estimate of drug-likeness (QED) is 0.00846. The fourth-order valence-corrected chi connectivity index (χ4v) is 15.4. The number of fused-ring (bicyclic) bond motifs is 6. The molecule has 0 radical (unpaired) electrons. The molecule has 54 nitrogen and oxygen atoms in total. The molecule has 2 aliphatic heterocycles. The third-order valence-electron chi connectivity index (χ3n) is 22.7. The van der Waals surface area contributed by atoms with E-state index in [2.05, 4.69) is 95.7 Å². The number of carboxylic acid groups (broad SMARTS) is 1. The Kier molecular flexibility index (Phi) is 47.9. The van der Waals surface area contributed by atoms with Crippen LogP contribution in [-0.2, 0) is 79.1 Å². The molecule has 0 unspecified atom stereocenters. The number of ether oxygens (including phenoxy) is 2. The molecule has 0 fully saturated rings. The fourth-order valence-electron chi connectivity index (χ4n) is 15.4. The van der Waals surface area contributed by atoms with Crippen molar-refractivity contribution in [1.82, 2.24) is 101 Å². The summed E-state index contributed by atoms with van der Waals surface area (Å²) in [5.74, 6) is -17.6. The Bertz CT molecular complexity index is 5150. The summed E-state index contributed by atoms with van der Waals surface area (Å²) in [6.45, 7) is -0.686. The van der Waals surface area contributed by atoms with Crippen LogP contribution in [0.25, 0.3) is 0 Å². The number of hydrogen-bond acceptors (Lipinski definition) is 28. The van der Waals surface area contributed by atoms with E-state index in [4.69, 9.17) is 87.8 Å². The maximum atomic E-state index is 15.1. The van der Waals surface area contributed by atoms with Crippen molar-refractivity contribution in [2.45, 2.75) is 207 Å². The molecule has 2 aliphatic rings. The molecule has 4 aromatic rings. The summed E-state index contributed by atoms with van der Waals surface area (Å²) in [6.07, 6.45) is -2.17. The van der Waals surface area contributed by atoms with Gasteiger partial charge in [-0.15, -0.1) is 0 Å². The predicted octanol–water partition coefficient (Wildman–Crippen LogP) is -6.51. The van der Waals surface area contributed by atoms with E-state index < -0.39 is 210 Å². The number of amides is 13. The van der Waals surface area contributed by atoms with Crippen molar-refractivity contribution in [2.24, 2.45) is 45.9 Å². The summed E-state index contributed by atoms with van der Waals surface area (Å²) in [5, 5.41) is 134. The molecule has 0 saturated carbocycles. The molecule has 4 aromatic carbocycles. The van der Waals surface area contributed by atoms with E-state index in [-0.39, 0.29) is 213 Å². The lowest BCUT2D eigenvalue weighted by molar-refractivity contribution is -0.142. The van der Waals surface area contributed by atoms with Gasteiger partial charge in [0.1, 0.15) is 89.2 Å². The normalized spacial score (nSPS) is 13.8. The average molecular weight is 2020 g/mol. The van der Waals surface area contributed by atoms with E-state index in [9.17, 15) is 78.0 Å². The molecule has 2 heterocycles. The van der Waals surface area contributed by atoms with E-state index in [0.29, 0.717) is 36.1 Å². The van der Waals surface area contributed by atoms with Gasteiger partial charge in [-0.2, -0.15) is 0 Å². The Morgan fingerprint density at radius 1 is 0.361 bits per heavy atom. The molecule has 788 valence electrons. The number of phenols is 3. The molecule has 13 amide bonds. The Hall–Kier alpha value is -16.3. The number of carbonyl (C=O) groups excluding carboxylic acids is 14. The molecule has 6 rings (SSSR count). The van der Waals surface area contributed by atoms with Gasteiger partial charge < -0.3 is 176 Å². The van der Waals surface area contributed by atoms with Gasteiger partial charge in [-0.3, -0.25) is 94.8 Å². The smallest absolute Gasteiger partial charge is 0.340 e. The summed E-state index contributed by atoms with van der Waals surface area (Å²) in [6, 6.07) is 2.40. The highest BCUT2D eigenvalue weighted by Crippen LogP contribution is 2.57. The number of aromatic hydroxyl groups is 3. The van der Waals surface area contributed by atoms with Gasteiger partial charge in [0.25, 0.3) is 5.91 Å². The highest BCUT2D eigenvalue weighted by atomic mass is 16.6. The topological polar surface area (TPSA) is 926 Å². The van der Waals surface area contributed by atoms with Gasteiger partial charge in [-0.05, 0) is 209 Å². The number of esters is 1. The predicted molar refractivity (Wildman–Crippen MR) is 525 cm³/mol. The molecule has 144 heavy (non-hydrogen) atoms. The number of unbranched alkanes of at least 4 members (excludes halogenated alkanes) is 2. The largest absolute Gasteiger partial charge is 0.508 e. The van der Waals surface area contributed by atoms with Gasteiger partial charge in [0, 0.05) is 99.5 Å². The van der Waals surface area contributed by atoms with Crippen molar-refractivity contribution in [3.63, 3.8) is 0 Å². The van der Waals surface area contributed by atoms with Crippen LogP contribution in [0, 0.1) is 32.5 Å². The van der Waals surface area contributed by atoms with Crippen LogP contribution in [0.3, 0.4) is 0 Å².